The van der Waals surface area contributed by atoms with Crippen LogP contribution in [-0.2, 0) is 4.79 Å². The molecular weight excluding hydrogens is 388 g/mol. The Morgan fingerprint density at radius 2 is 1.71 bits per heavy atom. The lowest BCUT2D eigenvalue weighted by Gasteiger charge is -2.63. The van der Waals surface area contributed by atoms with Crippen LogP contribution in [0.15, 0.2) is 0 Å². The number of hydrogen-bond donors (Lipinski definition) is 3. The van der Waals surface area contributed by atoms with Gasteiger partial charge in [-0.15, -0.1) is 0 Å². The molecule has 0 amide bonds. The predicted molar refractivity (Wildman–Crippen MR) is 122 cm³/mol. The number of carbonyl (C=O) groups is 1. The van der Waals surface area contributed by atoms with E-state index in [1.54, 1.807) is 0 Å². The third kappa shape index (κ3) is 3.83. The van der Waals surface area contributed by atoms with Crippen molar-refractivity contribution in [3.05, 3.63) is 0 Å². The molecule has 31 heavy (non-hydrogen) atoms. The number of rotatable bonds is 6. The van der Waals surface area contributed by atoms with E-state index in [2.05, 4.69) is 20.8 Å². The van der Waals surface area contributed by atoms with Gasteiger partial charge < -0.3 is 20.1 Å². The smallest absolute Gasteiger partial charge is 0.122 e. The molecule has 0 unspecified atom stereocenters. The Bertz CT molecular complexity index is 651. The van der Waals surface area contributed by atoms with Crippen molar-refractivity contribution in [2.45, 2.75) is 110 Å². The van der Waals surface area contributed by atoms with Crippen molar-refractivity contribution in [2.75, 3.05) is 0 Å². The van der Waals surface area contributed by atoms with Crippen LogP contribution in [0, 0.1) is 52.3 Å². The number of aliphatic hydroxyl groups is 3. The number of fused-ring (bicyclic) bond motifs is 5. The first-order chi connectivity index (χ1) is 14.6. The first-order valence-corrected chi connectivity index (χ1v) is 13.1. The van der Waals surface area contributed by atoms with E-state index >= 15 is 0 Å². The Hall–Kier alpha value is -0.450. The van der Waals surface area contributed by atoms with Gasteiger partial charge in [0.1, 0.15) is 6.29 Å². The van der Waals surface area contributed by atoms with E-state index < -0.39 is 0 Å². The molecule has 4 fully saturated rings. The van der Waals surface area contributed by atoms with Crippen molar-refractivity contribution < 1.29 is 20.1 Å². The highest BCUT2D eigenvalue weighted by molar-refractivity contribution is 5.52. The van der Waals surface area contributed by atoms with Gasteiger partial charge in [0.15, 0.2) is 0 Å². The molecule has 0 heterocycles. The van der Waals surface area contributed by atoms with Crippen molar-refractivity contribution in [2.24, 2.45) is 52.3 Å². The second kappa shape index (κ2) is 8.72. The van der Waals surface area contributed by atoms with Crippen LogP contribution < -0.4 is 0 Å². The van der Waals surface area contributed by atoms with Gasteiger partial charge in [0, 0.05) is 5.92 Å². The molecule has 0 aromatic carbocycles. The minimum absolute atomic E-state index is 0.116. The summed E-state index contributed by atoms with van der Waals surface area (Å²) >= 11 is 0. The lowest BCUT2D eigenvalue weighted by molar-refractivity contribution is -0.207. The van der Waals surface area contributed by atoms with Crippen LogP contribution >= 0.6 is 0 Å². The van der Waals surface area contributed by atoms with E-state index in [1.807, 2.05) is 6.92 Å². The van der Waals surface area contributed by atoms with Gasteiger partial charge in [-0.25, -0.2) is 0 Å². The molecule has 4 heteroatoms. The molecule has 0 spiro atoms. The molecule has 0 saturated heterocycles. The van der Waals surface area contributed by atoms with Crippen molar-refractivity contribution in [3.8, 4) is 0 Å². The maximum absolute atomic E-state index is 11.6. The van der Waals surface area contributed by atoms with Crippen molar-refractivity contribution in [1.82, 2.24) is 0 Å². The van der Waals surface area contributed by atoms with E-state index in [0.717, 1.165) is 70.5 Å². The van der Waals surface area contributed by atoms with E-state index in [1.165, 1.54) is 0 Å². The number of aldehydes is 1. The van der Waals surface area contributed by atoms with Gasteiger partial charge in [-0.1, -0.05) is 40.5 Å². The first-order valence-electron chi connectivity index (χ1n) is 13.1. The van der Waals surface area contributed by atoms with E-state index in [0.29, 0.717) is 29.6 Å². The summed E-state index contributed by atoms with van der Waals surface area (Å²) in [5, 5.41) is 33.2. The Morgan fingerprint density at radius 1 is 0.968 bits per heavy atom. The summed E-state index contributed by atoms with van der Waals surface area (Å²) in [5.74, 6) is 2.59. The molecule has 0 bridgehead atoms. The third-order valence-corrected chi connectivity index (χ3v) is 11.1. The lowest BCUT2D eigenvalue weighted by atomic mass is 9.43. The summed E-state index contributed by atoms with van der Waals surface area (Å²) in [5.41, 5.74) is 0.0231. The minimum atomic E-state index is -0.308. The summed E-state index contributed by atoms with van der Waals surface area (Å²) in [6.45, 7) is 9.07. The fraction of sp³-hybridized carbons (Fsp3) is 0.963. The zero-order valence-electron chi connectivity index (χ0n) is 20.2. The largest absolute Gasteiger partial charge is 0.393 e. The molecule has 12 atom stereocenters. The van der Waals surface area contributed by atoms with Crippen LogP contribution in [0.2, 0.25) is 0 Å². The zero-order chi connectivity index (χ0) is 22.6. The van der Waals surface area contributed by atoms with Gasteiger partial charge in [-0.2, -0.15) is 0 Å². The Kier molecular flexibility index (Phi) is 6.67. The van der Waals surface area contributed by atoms with Crippen LogP contribution in [0.1, 0.15) is 91.9 Å². The van der Waals surface area contributed by atoms with Crippen LogP contribution in [-0.4, -0.2) is 39.9 Å². The fourth-order valence-corrected chi connectivity index (χ4v) is 9.16. The summed E-state index contributed by atoms with van der Waals surface area (Å²) < 4.78 is 0. The Labute approximate surface area is 189 Å². The van der Waals surface area contributed by atoms with Crippen molar-refractivity contribution in [3.63, 3.8) is 0 Å². The van der Waals surface area contributed by atoms with Crippen LogP contribution in [0.4, 0.5) is 0 Å². The Balaban J connectivity index is 1.53. The molecule has 0 radical (unpaired) electrons. The highest BCUT2D eigenvalue weighted by Gasteiger charge is 2.65. The maximum atomic E-state index is 11.6. The summed E-state index contributed by atoms with van der Waals surface area (Å²) in [7, 11) is 0. The van der Waals surface area contributed by atoms with E-state index in [4.69, 9.17) is 0 Å². The monoisotopic (exact) mass is 434 g/mol. The van der Waals surface area contributed by atoms with Gasteiger partial charge in [-0.3, -0.25) is 0 Å². The molecule has 0 aromatic rings. The van der Waals surface area contributed by atoms with Gasteiger partial charge in [0.05, 0.1) is 18.3 Å². The molecule has 4 rings (SSSR count). The number of hydrogen-bond acceptors (Lipinski definition) is 4. The lowest BCUT2D eigenvalue weighted by Crippen LogP contribution is -2.62. The normalized spacial score (nSPS) is 51.3. The quantitative estimate of drug-likeness (QED) is 0.534. The van der Waals surface area contributed by atoms with Crippen LogP contribution in [0.25, 0.3) is 0 Å². The van der Waals surface area contributed by atoms with Crippen LogP contribution in [0.3, 0.4) is 0 Å². The average molecular weight is 435 g/mol. The van der Waals surface area contributed by atoms with Crippen molar-refractivity contribution >= 4 is 6.29 Å². The molecule has 0 aromatic heterocycles. The van der Waals surface area contributed by atoms with E-state index in [9.17, 15) is 20.1 Å². The standard InChI is InChI=1S/C27H46O4/c1-16(15-28)6-5-7-17(2)20-8-9-21-25-22(14-24(31)27(20,21)4)26(3)11-10-19(29)12-18(26)13-23(25)30/h15-25,29-31H,5-14H2,1-4H3/t16-,17+,18-,19+,20+,21-,22-,23+,24-,25-,26-,27+/m0/s1. The summed E-state index contributed by atoms with van der Waals surface area (Å²) in [4.78, 5) is 11.0. The summed E-state index contributed by atoms with van der Waals surface area (Å²) in [6, 6.07) is 0. The summed E-state index contributed by atoms with van der Waals surface area (Å²) in [6.07, 6.45) is 9.98. The SMILES string of the molecule is C[C@H](C=O)CCC[C@@H](C)[C@H]1CC[C@H]2[C@@H]3[C@H](O)C[C@@H]4C[C@H](O)CC[C@]4(C)[C@H]3C[C@H](O)[C@]12C. The van der Waals surface area contributed by atoms with Gasteiger partial charge in [-0.05, 0) is 97.7 Å². The Morgan fingerprint density at radius 3 is 2.42 bits per heavy atom. The van der Waals surface area contributed by atoms with Gasteiger partial charge >= 0.3 is 0 Å². The van der Waals surface area contributed by atoms with Crippen LogP contribution in [0.5, 0.6) is 0 Å². The first kappa shape index (κ1) is 23.7. The highest BCUT2D eigenvalue weighted by atomic mass is 16.3. The molecule has 4 nitrogen and oxygen atoms in total. The molecule has 4 aliphatic carbocycles. The number of carbonyl (C=O) groups excluding carboxylic acids is 1. The molecule has 4 aliphatic rings. The second-order valence-corrected chi connectivity index (χ2v) is 12.5. The molecule has 4 saturated carbocycles. The third-order valence-electron chi connectivity index (χ3n) is 11.1. The average Bonchev–Trinajstić information content (AvgIpc) is 3.08. The molecule has 0 aliphatic heterocycles. The minimum Gasteiger partial charge on any atom is -0.393 e. The highest BCUT2D eigenvalue weighted by Crippen LogP contribution is 2.68. The van der Waals surface area contributed by atoms with E-state index in [-0.39, 0.29) is 41.0 Å². The van der Waals surface area contributed by atoms with Gasteiger partial charge in [0.25, 0.3) is 0 Å². The topological polar surface area (TPSA) is 77.8 Å². The fourth-order valence-electron chi connectivity index (χ4n) is 9.16. The molecular formula is C27H46O4. The second-order valence-electron chi connectivity index (χ2n) is 12.5. The predicted octanol–water partition coefficient (Wildman–Crippen LogP) is 4.59. The molecule has 3 N–H and O–H groups in total. The van der Waals surface area contributed by atoms with Crippen molar-refractivity contribution in [1.29, 1.82) is 0 Å². The molecule has 178 valence electrons. The number of aliphatic hydroxyl groups excluding tert-OH is 3. The maximum Gasteiger partial charge on any atom is 0.122 e. The van der Waals surface area contributed by atoms with Gasteiger partial charge in [0.2, 0.25) is 0 Å². The zero-order valence-corrected chi connectivity index (χ0v) is 20.2.